The maximum absolute atomic E-state index is 11.4. The van der Waals surface area contributed by atoms with Crippen LogP contribution < -0.4 is 5.32 Å². The van der Waals surface area contributed by atoms with Crippen LogP contribution >= 0.6 is 0 Å². The Morgan fingerprint density at radius 1 is 1.17 bits per heavy atom. The van der Waals surface area contributed by atoms with Crippen molar-refractivity contribution in [1.29, 1.82) is 0 Å². The molecule has 1 saturated heterocycles. The lowest BCUT2D eigenvalue weighted by Gasteiger charge is -2.32. The maximum atomic E-state index is 11.4. The van der Waals surface area contributed by atoms with Gasteiger partial charge in [-0.25, -0.2) is 4.79 Å². The average molecular weight is 329 g/mol. The molecule has 6 nitrogen and oxygen atoms in total. The van der Waals surface area contributed by atoms with Crippen molar-refractivity contribution in [1.82, 2.24) is 5.32 Å². The molecule has 2 N–H and O–H groups in total. The highest BCUT2D eigenvalue weighted by molar-refractivity contribution is 5.76. The second-order valence-corrected chi connectivity index (χ2v) is 6.08. The molecule has 0 aromatic heterocycles. The third-order valence-electron chi connectivity index (χ3n) is 4.05. The molecule has 1 aliphatic rings. The number of unbranched alkanes of at least 4 members (excludes halogenated alkanes) is 4. The van der Waals surface area contributed by atoms with Gasteiger partial charge < -0.3 is 19.9 Å². The Morgan fingerprint density at radius 2 is 1.96 bits per heavy atom. The first-order valence-electron chi connectivity index (χ1n) is 8.89. The molecule has 0 spiro atoms. The number of ether oxygens (including phenoxy) is 2. The van der Waals surface area contributed by atoms with Crippen molar-refractivity contribution in [2.45, 2.75) is 76.9 Å². The average Bonchev–Trinajstić information content (AvgIpc) is 2.56. The Bertz CT molecular complexity index is 353. The standard InChI is InChI=1S/C17H31NO5/c1-2-3-10-15(19)18-12-7-4-5-8-13-22-17(16(20)21)11-6-9-14-23-17/h2-14H2,1H3,(H,18,19)(H,20,21). The number of aliphatic carboxylic acids is 1. The summed E-state index contributed by atoms with van der Waals surface area (Å²) in [5, 5.41) is 12.2. The van der Waals surface area contributed by atoms with Crippen molar-refractivity contribution < 1.29 is 24.2 Å². The molecule has 1 aliphatic heterocycles. The van der Waals surface area contributed by atoms with E-state index in [2.05, 4.69) is 12.2 Å². The van der Waals surface area contributed by atoms with Crippen LogP contribution in [0.2, 0.25) is 0 Å². The van der Waals surface area contributed by atoms with Gasteiger partial charge in [0.1, 0.15) is 0 Å². The molecule has 23 heavy (non-hydrogen) atoms. The number of nitrogens with one attached hydrogen (secondary N) is 1. The van der Waals surface area contributed by atoms with Gasteiger partial charge in [0, 0.05) is 19.4 Å². The van der Waals surface area contributed by atoms with Crippen molar-refractivity contribution in [3.05, 3.63) is 0 Å². The number of carbonyl (C=O) groups excluding carboxylic acids is 1. The van der Waals surface area contributed by atoms with Gasteiger partial charge in [0.15, 0.2) is 0 Å². The van der Waals surface area contributed by atoms with E-state index < -0.39 is 11.8 Å². The van der Waals surface area contributed by atoms with Crippen LogP contribution in [0, 0.1) is 0 Å². The molecular formula is C17H31NO5. The predicted molar refractivity (Wildman–Crippen MR) is 87.1 cm³/mol. The van der Waals surface area contributed by atoms with Crippen LogP contribution in [-0.2, 0) is 19.1 Å². The summed E-state index contributed by atoms with van der Waals surface area (Å²) in [7, 11) is 0. The van der Waals surface area contributed by atoms with E-state index in [1.807, 2.05) is 0 Å². The topological polar surface area (TPSA) is 84.9 Å². The smallest absolute Gasteiger partial charge is 0.364 e. The number of carboxylic acid groups (broad SMARTS) is 1. The quantitative estimate of drug-likeness (QED) is 0.538. The fourth-order valence-corrected chi connectivity index (χ4v) is 2.58. The van der Waals surface area contributed by atoms with Gasteiger partial charge in [-0.1, -0.05) is 26.2 Å². The Morgan fingerprint density at radius 3 is 2.61 bits per heavy atom. The normalized spacial score (nSPS) is 21.1. The largest absolute Gasteiger partial charge is 0.477 e. The van der Waals surface area contributed by atoms with Crippen LogP contribution in [0.4, 0.5) is 0 Å². The number of hydrogen-bond donors (Lipinski definition) is 2. The molecule has 1 fully saturated rings. The molecule has 0 aliphatic carbocycles. The van der Waals surface area contributed by atoms with Crippen molar-refractivity contribution in [3.8, 4) is 0 Å². The molecule has 0 radical (unpaired) electrons. The van der Waals surface area contributed by atoms with Gasteiger partial charge >= 0.3 is 5.97 Å². The van der Waals surface area contributed by atoms with Crippen molar-refractivity contribution in [2.75, 3.05) is 19.8 Å². The fourth-order valence-electron chi connectivity index (χ4n) is 2.58. The molecule has 0 saturated carbocycles. The van der Waals surface area contributed by atoms with Gasteiger partial charge in [0.25, 0.3) is 5.79 Å². The first-order chi connectivity index (χ1) is 11.1. The van der Waals surface area contributed by atoms with Gasteiger partial charge in [0.2, 0.25) is 5.91 Å². The van der Waals surface area contributed by atoms with E-state index in [4.69, 9.17) is 9.47 Å². The summed E-state index contributed by atoms with van der Waals surface area (Å²) < 4.78 is 10.9. The van der Waals surface area contributed by atoms with Crippen LogP contribution in [0.25, 0.3) is 0 Å². The highest BCUT2D eigenvalue weighted by atomic mass is 16.7. The first-order valence-corrected chi connectivity index (χ1v) is 8.89. The molecule has 1 rings (SSSR count). The molecule has 6 heteroatoms. The summed E-state index contributed by atoms with van der Waals surface area (Å²) in [4.78, 5) is 22.7. The minimum Gasteiger partial charge on any atom is -0.477 e. The van der Waals surface area contributed by atoms with Crippen LogP contribution in [0.1, 0.15) is 71.1 Å². The lowest BCUT2D eigenvalue weighted by Crippen LogP contribution is -2.47. The van der Waals surface area contributed by atoms with E-state index in [1.54, 1.807) is 0 Å². The highest BCUT2D eigenvalue weighted by Crippen LogP contribution is 2.27. The lowest BCUT2D eigenvalue weighted by atomic mass is 10.1. The third-order valence-corrected chi connectivity index (χ3v) is 4.05. The lowest BCUT2D eigenvalue weighted by molar-refractivity contribution is -0.257. The molecule has 1 atom stereocenters. The number of carbonyl (C=O) groups is 2. The number of carboxylic acids is 1. The molecule has 0 aromatic carbocycles. The monoisotopic (exact) mass is 329 g/mol. The van der Waals surface area contributed by atoms with Gasteiger partial charge in [-0.15, -0.1) is 0 Å². The summed E-state index contributed by atoms with van der Waals surface area (Å²) >= 11 is 0. The SMILES string of the molecule is CCCCC(=O)NCCCCCCOC1(C(=O)O)CCCCO1. The predicted octanol–water partition coefficient (Wildman–Crippen LogP) is 2.85. The fraction of sp³-hybridized carbons (Fsp3) is 0.882. The number of amides is 1. The first kappa shape index (κ1) is 19.9. The molecule has 134 valence electrons. The summed E-state index contributed by atoms with van der Waals surface area (Å²) in [6.07, 6.45) is 8.44. The third kappa shape index (κ3) is 7.79. The molecule has 1 amide bonds. The molecule has 1 heterocycles. The molecular weight excluding hydrogens is 298 g/mol. The summed E-state index contributed by atoms with van der Waals surface area (Å²) in [5.74, 6) is -2.31. The summed E-state index contributed by atoms with van der Waals surface area (Å²) in [5.41, 5.74) is 0. The second kappa shape index (κ2) is 11.4. The zero-order valence-electron chi connectivity index (χ0n) is 14.3. The Balaban J connectivity index is 2.02. The van der Waals surface area contributed by atoms with Gasteiger partial charge in [-0.2, -0.15) is 0 Å². The minimum absolute atomic E-state index is 0.132. The van der Waals surface area contributed by atoms with Crippen LogP contribution in [-0.4, -0.2) is 42.5 Å². The van der Waals surface area contributed by atoms with Crippen LogP contribution in [0.15, 0.2) is 0 Å². The van der Waals surface area contributed by atoms with Crippen LogP contribution in [0.3, 0.4) is 0 Å². The van der Waals surface area contributed by atoms with Crippen LogP contribution in [0.5, 0.6) is 0 Å². The molecule has 0 aromatic rings. The molecule has 1 unspecified atom stereocenters. The van der Waals surface area contributed by atoms with E-state index in [9.17, 15) is 14.7 Å². The van der Waals surface area contributed by atoms with E-state index >= 15 is 0 Å². The summed E-state index contributed by atoms with van der Waals surface area (Å²) in [6, 6.07) is 0. The Hall–Kier alpha value is -1.14. The number of hydrogen-bond acceptors (Lipinski definition) is 4. The molecule has 0 bridgehead atoms. The van der Waals surface area contributed by atoms with Crippen molar-refractivity contribution in [3.63, 3.8) is 0 Å². The summed E-state index contributed by atoms with van der Waals surface area (Å²) in [6.45, 7) is 3.63. The van der Waals surface area contributed by atoms with E-state index in [1.165, 1.54) is 0 Å². The number of rotatable bonds is 12. The van der Waals surface area contributed by atoms with E-state index in [-0.39, 0.29) is 5.91 Å². The van der Waals surface area contributed by atoms with E-state index in [0.717, 1.165) is 51.4 Å². The van der Waals surface area contributed by atoms with E-state index in [0.29, 0.717) is 32.6 Å². The van der Waals surface area contributed by atoms with Gasteiger partial charge in [-0.05, 0) is 32.1 Å². The Kier molecular flexibility index (Phi) is 9.87. The van der Waals surface area contributed by atoms with Gasteiger partial charge in [0.05, 0.1) is 13.2 Å². The highest BCUT2D eigenvalue weighted by Gasteiger charge is 2.42. The zero-order valence-corrected chi connectivity index (χ0v) is 14.3. The minimum atomic E-state index is -1.43. The zero-order chi connectivity index (χ0) is 17.0. The second-order valence-electron chi connectivity index (χ2n) is 6.08. The Labute approximate surface area is 138 Å². The van der Waals surface area contributed by atoms with Gasteiger partial charge in [-0.3, -0.25) is 4.79 Å². The van der Waals surface area contributed by atoms with Crippen molar-refractivity contribution >= 4 is 11.9 Å². The van der Waals surface area contributed by atoms with Crippen molar-refractivity contribution in [2.24, 2.45) is 0 Å². The maximum Gasteiger partial charge on any atom is 0.364 e.